The number of benzene rings is 1. The van der Waals surface area contributed by atoms with E-state index in [9.17, 15) is 18.8 Å². The van der Waals surface area contributed by atoms with Crippen LogP contribution >= 0.6 is 11.8 Å². The second-order valence-corrected chi connectivity index (χ2v) is 9.84. The van der Waals surface area contributed by atoms with E-state index in [-0.39, 0.29) is 23.6 Å². The number of carbonyl (C=O) groups is 2. The van der Waals surface area contributed by atoms with Gasteiger partial charge in [-0.15, -0.1) is 11.8 Å². The Kier molecular flexibility index (Phi) is 5.45. The molecule has 0 unspecified atom stereocenters. The Morgan fingerprint density at radius 2 is 2.09 bits per heavy atom. The van der Waals surface area contributed by atoms with Crippen LogP contribution in [-0.2, 0) is 16.1 Å². The maximum absolute atomic E-state index is 14.6. The molecule has 11 heteroatoms. The molecule has 9 nitrogen and oxygen atoms in total. The maximum atomic E-state index is 14.6. The van der Waals surface area contributed by atoms with Crippen molar-refractivity contribution >= 4 is 46.2 Å². The van der Waals surface area contributed by atoms with Crippen LogP contribution in [0.25, 0.3) is 11.0 Å². The molecule has 1 fully saturated rings. The average Bonchev–Trinajstić information content (AvgIpc) is 3.42. The quantitative estimate of drug-likeness (QED) is 0.507. The largest absolute Gasteiger partial charge is 0.444 e. The van der Waals surface area contributed by atoms with Crippen LogP contribution in [0.3, 0.4) is 0 Å². The highest BCUT2D eigenvalue weighted by Crippen LogP contribution is 2.36. The van der Waals surface area contributed by atoms with E-state index in [4.69, 9.17) is 4.74 Å². The summed E-state index contributed by atoms with van der Waals surface area (Å²) >= 11 is 1.47. The van der Waals surface area contributed by atoms with E-state index in [1.54, 1.807) is 21.6 Å². The van der Waals surface area contributed by atoms with E-state index >= 15 is 0 Å². The minimum absolute atomic E-state index is 0.0587. The van der Waals surface area contributed by atoms with Crippen LogP contribution in [0.2, 0.25) is 0 Å². The summed E-state index contributed by atoms with van der Waals surface area (Å²) in [4.78, 5) is 43.1. The summed E-state index contributed by atoms with van der Waals surface area (Å²) in [5.41, 5.74) is 2.85. The topological polar surface area (TPSA) is 106 Å². The molecular formula is C24H22FN5O4S. The van der Waals surface area contributed by atoms with Gasteiger partial charge in [0.15, 0.2) is 0 Å². The molecule has 0 spiro atoms. The fourth-order valence-corrected chi connectivity index (χ4v) is 5.73. The number of aromatic nitrogens is 2. The predicted molar refractivity (Wildman–Crippen MR) is 129 cm³/mol. The van der Waals surface area contributed by atoms with Crippen LogP contribution in [0, 0.1) is 5.82 Å². The van der Waals surface area contributed by atoms with Crippen molar-refractivity contribution in [2.45, 2.75) is 36.4 Å². The number of pyridine rings is 2. The number of hydrogen-bond acceptors (Lipinski definition) is 7. The van der Waals surface area contributed by atoms with Gasteiger partial charge in [0.05, 0.1) is 41.3 Å². The van der Waals surface area contributed by atoms with Crippen LogP contribution in [0.1, 0.15) is 24.4 Å². The molecule has 3 aromatic rings. The highest BCUT2D eigenvalue weighted by molar-refractivity contribution is 8.00. The molecular weight excluding hydrogens is 473 g/mol. The summed E-state index contributed by atoms with van der Waals surface area (Å²) < 4.78 is 21.7. The molecule has 2 N–H and O–H groups in total. The summed E-state index contributed by atoms with van der Waals surface area (Å²) in [7, 11) is 0. The first kappa shape index (κ1) is 22.1. The molecule has 180 valence electrons. The molecule has 0 radical (unpaired) electrons. The van der Waals surface area contributed by atoms with Gasteiger partial charge in [0.2, 0.25) is 5.91 Å². The fraction of sp³-hybridized carbons (Fsp3) is 0.333. The number of ether oxygens (including phenoxy) is 1. The highest BCUT2D eigenvalue weighted by atomic mass is 32.2. The first-order valence-electron chi connectivity index (χ1n) is 11.4. The standard InChI is InChI=1S/C24H22FN5O4S/c25-15-9-27-16-4-6-21(32)30-11-18(22(15)23(16)30)26-7-1-2-14-10-29(24(33)34-14)13-3-5-19-17(8-13)28-20(31)12-35-19/h3-6,8-9,14,18,26H,1-2,7,10-12H2,(H,28,31)/t14-,18+/m1/s1. The van der Waals surface area contributed by atoms with E-state index in [1.807, 2.05) is 12.1 Å². The summed E-state index contributed by atoms with van der Waals surface area (Å²) in [6.07, 6.45) is 1.87. The average molecular weight is 496 g/mol. The van der Waals surface area contributed by atoms with Gasteiger partial charge in [-0.3, -0.25) is 19.5 Å². The molecule has 1 saturated heterocycles. The number of thioether (sulfide) groups is 1. The molecule has 0 bridgehead atoms. The Morgan fingerprint density at radius 3 is 2.97 bits per heavy atom. The number of halogens is 1. The van der Waals surface area contributed by atoms with E-state index in [0.717, 1.165) is 4.90 Å². The number of hydrogen-bond donors (Lipinski definition) is 2. The molecule has 1 aromatic carbocycles. The SMILES string of the molecule is O=C1CSc2ccc(N3C[C@@H](CCCN[C@H]4Cn5c(=O)ccc6ncc(F)c4c65)OC3=O)cc2N1. The number of nitrogens with one attached hydrogen (secondary N) is 2. The number of amides is 2. The molecule has 2 atom stereocenters. The van der Waals surface area contributed by atoms with Crippen molar-refractivity contribution in [3.8, 4) is 0 Å². The highest BCUT2D eigenvalue weighted by Gasteiger charge is 2.33. The van der Waals surface area contributed by atoms with Crippen LogP contribution in [-0.4, -0.2) is 46.5 Å². The minimum atomic E-state index is -0.424. The van der Waals surface area contributed by atoms with Crippen LogP contribution < -0.4 is 21.1 Å². The number of fused-ring (bicyclic) bond motifs is 1. The van der Waals surface area contributed by atoms with Crippen molar-refractivity contribution in [2.75, 3.05) is 29.1 Å². The molecule has 6 rings (SSSR count). The number of nitrogens with zero attached hydrogens (tertiary/aromatic N) is 3. The fourth-order valence-electron chi connectivity index (χ4n) is 4.94. The second kappa shape index (κ2) is 8.65. The maximum Gasteiger partial charge on any atom is 0.414 e. The van der Waals surface area contributed by atoms with Crippen LogP contribution in [0.15, 0.2) is 46.2 Å². The van der Waals surface area contributed by atoms with E-state index in [2.05, 4.69) is 15.6 Å². The number of rotatable bonds is 6. The third-order valence-electron chi connectivity index (χ3n) is 6.58. The number of carbonyl (C=O) groups excluding carboxylic acids is 2. The predicted octanol–water partition coefficient (Wildman–Crippen LogP) is 3.03. The first-order valence-corrected chi connectivity index (χ1v) is 12.4. The summed E-state index contributed by atoms with van der Waals surface area (Å²) in [6.45, 7) is 1.35. The van der Waals surface area contributed by atoms with E-state index in [0.29, 0.717) is 66.2 Å². The molecule has 3 aliphatic heterocycles. The number of anilines is 2. The molecule has 0 saturated carbocycles. The molecule has 35 heavy (non-hydrogen) atoms. The first-order chi connectivity index (χ1) is 17.0. The molecule has 2 aromatic heterocycles. The summed E-state index contributed by atoms with van der Waals surface area (Å²) in [5.74, 6) is -0.0974. The van der Waals surface area contributed by atoms with Crippen molar-refractivity contribution in [1.29, 1.82) is 0 Å². The zero-order valence-electron chi connectivity index (χ0n) is 18.6. The Balaban J connectivity index is 1.06. The van der Waals surface area contributed by atoms with Crippen molar-refractivity contribution in [3.05, 3.63) is 58.3 Å². The lowest BCUT2D eigenvalue weighted by atomic mass is 10.1. The molecule has 0 aliphatic carbocycles. The third kappa shape index (κ3) is 3.94. The molecule has 3 aliphatic rings. The Morgan fingerprint density at radius 1 is 1.20 bits per heavy atom. The zero-order chi connectivity index (χ0) is 24.1. The van der Waals surface area contributed by atoms with Gasteiger partial charge >= 0.3 is 6.09 Å². The monoisotopic (exact) mass is 495 g/mol. The lowest BCUT2D eigenvalue weighted by Gasteiger charge is -2.20. The third-order valence-corrected chi connectivity index (χ3v) is 7.65. The van der Waals surface area contributed by atoms with Gasteiger partial charge in [-0.2, -0.15) is 0 Å². The van der Waals surface area contributed by atoms with Crippen LogP contribution in [0.4, 0.5) is 20.6 Å². The summed E-state index contributed by atoms with van der Waals surface area (Å²) in [5, 5.41) is 6.19. The lowest BCUT2D eigenvalue weighted by molar-refractivity contribution is -0.113. The van der Waals surface area contributed by atoms with Gasteiger partial charge < -0.3 is 19.9 Å². The Labute approximate surface area is 203 Å². The van der Waals surface area contributed by atoms with Gasteiger partial charge in [0.1, 0.15) is 11.9 Å². The second-order valence-electron chi connectivity index (χ2n) is 8.82. The number of cyclic esters (lactones) is 1. The minimum Gasteiger partial charge on any atom is -0.444 e. The van der Waals surface area contributed by atoms with Gasteiger partial charge in [-0.1, -0.05) is 0 Å². The van der Waals surface area contributed by atoms with Crippen LogP contribution in [0.5, 0.6) is 0 Å². The van der Waals surface area contributed by atoms with Gasteiger partial charge in [-0.25, -0.2) is 9.18 Å². The smallest absolute Gasteiger partial charge is 0.414 e. The normalized spacial score (nSPS) is 20.8. The van der Waals surface area contributed by atoms with Gasteiger partial charge in [0.25, 0.3) is 5.56 Å². The van der Waals surface area contributed by atoms with E-state index in [1.165, 1.54) is 24.0 Å². The van der Waals surface area contributed by atoms with Crippen molar-refractivity contribution in [2.24, 2.45) is 0 Å². The van der Waals surface area contributed by atoms with Crippen molar-refractivity contribution < 1.29 is 18.7 Å². The van der Waals surface area contributed by atoms with Gasteiger partial charge in [0, 0.05) is 28.8 Å². The Bertz CT molecular complexity index is 1430. The van der Waals surface area contributed by atoms with Gasteiger partial charge in [-0.05, 0) is 43.7 Å². The summed E-state index contributed by atoms with van der Waals surface area (Å²) in [6, 6.07) is 8.32. The molecule has 5 heterocycles. The van der Waals surface area contributed by atoms with Crippen molar-refractivity contribution in [1.82, 2.24) is 14.9 Å². The van der Waals surface area contributed by atoms with E-state index < -0.39 is 11.9 Å². The molecule has 2 amide bonds. The Hall–Kier alpha value is -3.44. The lowest BCUT2D eigenvalue weighted by Crippen LogP contribution is -2.27. The zero-order valence-corrected chi connectivity index (χ0v) is 19.4. The van der Waals surface area contributed by atoms with Crippen molar-refractivity contribution in [3.63, 3.8) is 0 Å².